The predicted octanol–water partition coefficient (Wildman–Crippen LogP) is 1.24. The quantitative estimate of drug-likeness (QED) is 0.503. The summed E-state index contributed by atoms with van der Waals surface area (Å²) in [6, 6.07) is 0. The second-order valence-electron chi connectivity index (χ2n) is 2.79. The first-order valence-electron chi connectivity index (χ1n) is 4.43. The molecule has 0 N–H and O–H groups in total. The first-order valence-corrected chi connectivity index (χ1v) is 4.43. The summed E-state index contributed by atoms with van der Waals surface area (Å²) in [4.78, 5) is 11.3. The Balaban J connectivity index is 2.65. The maximum absolute atomic E-state index is 11.3. The normalized spacial score (nSPS) is 25.1. The molecule has 0 aromatic rings. The molecule has 78 valence electrons. The lowest BCUT2D eigenvalue weighted by Crippen LogP contribution is -2.18. The van der Waals surface area contributed by atoms with Crippen LogP contribution in [-0.2, 0) is 19.0 Å². The molecule has 1 aliphatic rings. The highest BCUT2D eigenvalue weighted by Gasteiger charge is 2.30. The zero-order valence-corrected chi connectivity index (χ0v) is 8.36. The summed E-state index contributed by atoms with van der Waals surface area (Å²) in [6.45, 7) is 5.70. The summed E-state index contributed by atoms with van der Waals surface area (Å²) in [5.41, 5.74) is 0. The van der Waals surface area contributed by atoms with Crippen molar-refractivity contribution in [2.24, 2.45) is 5.92 Å². The highest BCUT2D eigenvalue weighted by molar-refractivity contribution is 5.86. The van der Waals surface area contributed by atoms with Crippen molar-refractivity contribution in [1.82, 2.24) is 0 Å². The molecule has 1 rings (SSSR count). The summed E-state index contributed by atoms with van der Waals surface area (Å²) < 4.78 is 15.0. The van der Waals surface area contributed by atoms with Crippen LogP contribution in [-0.4, -0.2) is 26.0 Å². The van der Waals surface area contributed by atoms with Gasteiger partial charge in [-0.05, 0) is 13.0 Å². The zero-order chi connectivity index (χ0) is 10.6. The minimum Gasteiger partial charge on any atom is -0.460 e. The van der Waals surface area contributed by atoms with Gasteiger partial charge in [-0.2, -0.15) is 0 Å². The van der Waals surface area contributed by atoms with Crippen molar-refractivity contribution in [3.63, 3.8) is 0 Å². The molecule has 2 unspecified atom stereocenters. The van der Waals surface area contributed by atoms with E-state index in [-0.39, 0.29) is 11.7 Å². The van der Waals surface area contributed by atoms with E-state index >= 15 is 0 Å². The molecule has 0 aromatic heterocycles. The highest BCUT2D eigenvalue weighted by Crippen LogP contribution is 2.25. The number of hydrogen-bond acceptors (Lipinski definition) is 4. The lowest BCUT2D eigenvalue weighted by molar-refractivity contribution is -0.150. The number of carbonyl (C=O) groups is 1. The van der Waals surface area contributed by atoms with E-state index in [1.165, 1.54) is 7.11 Å². The van der Waals surface area contributed by atoms with Gasteiger partial charge < -0.3 is 14.2 Å². The van der Waals surface area contributed by atoms with Crippen molar-refractivity contribution in [3.8, 4) is 0 Å². The first-order chi connectivity index (χ1) is 6.72. The average molecular weight is 198 g/mol. The van der Waals surface area contributed by atoms with Crippen LogP contribution in [0.2, 0.25) is 0 Å². The second kappa shape index (κ2) is 4.81. The van der Waals surface area contributed by atoms with Crippen molar-refractivity contribution in [1.29, 1.82) is 0 Å². The highest BCUT2D eigenvalue weighted by atomic mass is 16.7. The molecule has 1 aliphatic heterocycles. The van der Waals surface area contributed by atoms with E-state index in [1.807, 2.05) is 0 Å². The summed E-state index contributed by atoms with van der Waals surface area (Å²) in [5, 5.41) is 0. The van der Waals surface area contributed by atoms with Gasteiger partial charge in [0.05, 0.1) is 12.5 Å². The maximum Gasteiger partial charge on any atom is 0.373 e. The van der Waals surface area contributed by atoms with Crippen molar-refractivity contribution in [3.05, 3.63) is 24.5 Å². The van der Waals surface area contributed by atoms with Crippen LogP contribution in [0.1, 0.15) is 6.92 Å². The number of methoxy groups -OCH3 is 1. The van der Waals surface area contributed by atoms with Gasteiger partial charge in [0.25, 0.3) is 0 Å². The number of esters is 1. The lowest BCUT2D eigenvalue weighted by Gasteiger charge is -2.13. The minimum absolute atomic E-state index is 0.0978. The van der Waals surface area contributed by atoms with Crippen molar-refractivity contribution < 1.29 is 19.0 Å². The van der Waals surface area contributed by atoms with Gasteiger partial charge in [0.2, 0.25) is 12.0 Å². The van der Waals surface area contributed by atoms with Crippen LogP contribution in [0.15, 0.2) is 24.5 Å². The molecule has 0 spiro atoms. The van der Waals surface area contributed by atoms with Gasteiger partial charge in [-0.15, -0.1) is 6.58 Å². The standard InChI is InChI=1S/C10H14O4/c1-4-7-6-8(9(11)13-5-2)14-10(7)12-3/h4,6-7,10H,1,5H2,2-3H3. The molecule has 0 saturated carbocycles. The molecule has 0 saturated heterocycles. The first kappa shape index (κ1) is 10.8. The summed E-state index contributed by atoms with van der Waals surface area (Å²) in [7, 11) is 1.52. The van der Waals surface area contributed by atoms with Gasteiger partial charge in [-0.1, -0.05) is 6.08 Å². The third-order valence-corrected chi connectivity index (χ3v) is 1.88. The number of ether oxygens (including phenoxy) is 3. The Morgan fingerprint density at radius 1 is 1.79 bits per heavy atom. The van der Waals surface area contributed by atoms with E-state index in [0.717, 1.165) is 0 Å². The molecule has 4 heteroatoms. The van der Waals surface area contributed by atoms with Gasteiger partial charge in [0.15, 0.2) is 0 Å². The predicted molar refractivity (Wildman–Crippen MR) is 50.3 cm³/mol. The van der Waals surface area contributed by atoms with E-state index < -0.39 is 12.3 Å². The Bertz CT molecular complexity index is 257. The Labute approximate surface area is 83.1 Å². The molecule has 4 nitrogen and oxygen atoms in total. The Kier molecular flexibility index (Phi) is 3.71. The molecule has 0 amide bonds. The molecule has 14 heavy (non-hydrogen) atoms. The van der Waals surface area contributed by atoms with E-state index in [9.17, 15) is 4.79 Å². The van der Waals surface area contributed by atoms with E-state index in [4.69, 9.17) is 14.2 Å². The van der Waals surface area contributed by atoms with E-state index in [2.05, 4.69) is 6.58 Å². The molecule has 0 bridgehead atoms. The van der Waals surface area contributed by atoms with Crippen LogP contribution in [0.4, 0.5) is 0 Å². The summed E-state index contributed by atoms with van der Waals surface area (Å²) in [6.07, 6.45) is 2.85. The average Bonchev–Trinajstić information content (AvgIpc) is 2.61. The van der Waals surface area contributed by atoms with Crippen LogP contribution in [0.3, 0.4) is 0 Å². The van der Waals surface area contributed by atoms with Crippen molar-refractivity contribution >= 4 is 5.97 Å². The molecule has 0 radical (unpaired) electrons. The van der Waals surface area contributed by atoms with Gasteiger partial charge in [-0.25, -0.2) is 4.79 Å². The van der Waals surface area contributed by atoms with Gasteiger partial charge in [0.1, 0.15) is 0 Å². The van der Waals surface area contributed by atoms with Crippen LogP contribution < -0.4 is 0 Å². The van der Waals surface area contributed by atoms with Gasteiger partial charge >= 0.3 is 5.97 Å². The minimum atomic E-state index is -0.466. The summed E-state index contributed by atoms with van der Waals surface area (Å²) in [5.74, 6) is -0.359. The van der Waals surface area contributed by atoms with Gasteiger partial charge in [0, 0.05) is 7.11 Å². The van der Waals surface area contributed by atoms with Crippen LogP contribution in [0.25, 0.3) is 0 Å². The Morgan fingerprint density at radius 2 is 2.50 bits per heavy atom. The summed E-state index contributed by atoms with van der Waals surface area (Å²) >= 11 is 0. The largest absolute Gasteiger partial charge is 0.460 e. The zero-order valence-electron chi connectivity index (χ0n) is 8.36. The molecular formula is C10H14O4. The second-order valence-corrected chi connectivity index (χ2v) is 2.79. The maximum atomic E-state index is 11.3. The molecular weight excluding hydrogens is 184 g/mol. The third kappa shape index (κ3) is 2.14. The topological polar surface area (TPSA) is 44.8 Å². The lowest BCUT2D eigenvalue weighted by atomic mass is 10.1. The fraction of sp³-hybridized carbons (Fsp3) is 0.500. The molecule has 0 fully saturated rings. The van der Waals surface area contributed by atoms with Gasteiger partial charge in [-0.3, -0.25) is 0 Å². The SMILES string of the molecule is C=CC1C=C(C(=O)OCC)OC1OC. The molecule has 1 heterocycles. The monoisotopic (exact) mass is 198 g/mol. The molecule has 0 aromatic carbocycles. The van der Waals surface area contributed by atoms with Crippen LogP contribution >= 0.6 is 0 Å². The van der Waals surface area contributed by atoms with Crippen molar-refractivity contribution in [2.75, 3.05) is 13.7 Å². The molecule has 2 atom stereocenters. The Hall–Kier alpha value is -1.29. The van der Waals surface area contributed by atoms with Crippen LogP contribution in [0.5, 0.6) is 0 Å². The van der Waals surface area contributed by atoms with Crippen LogP contribution in [0, 0.1) is 5.92 Å². The third-order valence-electron chi connectivity index (χ3n) is 1.88. The number of hydrogen-bond donors (Lipinski definition) is 0. The van der Waals surface area contributed by atoms with E-state index in [1.54, 1.807) is 19.1 Å². The number of carbonyl (C=O) groups excluding carboxylic acids is 1. The molecule has 0 aliphatic carbocycles. The van der Waals surface area contributed by atoms with E-state index in [0.29, 0.717) is 6.61 Å². The smallest absolute Gasteiger partial charge is 0.373 e. The fourth-order valence-corrected chi connectivity index (χ4v) is 1.20. The number of rotatable bonds is 4. The Morgan fingerprint density at radius 3 is 2.93 bits per heavy atom. The fourth-order valence-electron chi connectivity index (χ4n) is 1.20. The van der Waals surface area contributed by atoms with Crippen molar-refractivity contribution in [2.45, 2.75) is 13.2 Å².